The van der Waals surface area contributed by atoms with Gasteiger partial charge in [0.1, 0.15) is 17.7 Å². The van der Waals surface area contributed by atoms with E-state index in [9.17, 15) is 0 Å². The summed E-state index contributed by atoms with van der Waals surface area (Å²) < 4.78 is 0. The Morgan fingerprint density at radius 3 is 2.67 bits per heavy atom. The standard InChI is InChI=1S/C12H9N3/c13-7-9(8-14)10-5-6-15-12-4-2-1-3-11(10)12/h1-4,15H,5-6H2. The Bertz CT molecular complexity index is 484. The summed E-state index contributed by atoms with van der Waals surface area (Å²) in [5.74, 6) is 0. The number of hydrogen-bond donors (Lipinski definition) is 1. The molecule has 0 saturated heterocycles. The van der Waals surface area contributed by atoms with Crippen molar-refractivity contribution in [2.24, 2.45) is 0 Å². The van der Waals surface area contributed by atoms with Gasteiger partial charge in [0.05, 0.1) is 0 Å². The second kappa shape index (κ2) is 3.86. The van der Waals surface area contributed by atoms with Crippen LogP contribution in [-0.2, 0) is 0 Å². The van der Waals surface area contributed by atoms with Gasteiger partial charge >= 0.3 is 0 Å². The van der Waals surface area contributed by atoms with Crippen molar-refractivity contribution >= 4 is 11.3 Å². The molecule has 1 aromatic carbocycles. The maximum atomic E-state index is 8.85. The van der Waals surface area contributed by atoms with Crippen LogP contribution in [0.5, 0.6) is 0 Å². The zero-order valence-electron chi connectivity index (χ0n) is 8.12. The maximum absolute atomic E-state index is 8.85. The molecule has 15 heavy (non-hydrogen) atoms. The molecule has 0 unspecified atom stereocenters. The van der Waals surface area contributed by atoms with Gasteiger partial charge in [0.2, 0.25) is 0 Å². The smallest absolute Gasteiger partial charge is 0.133 e. The van der Waals surface area contributed by atoms with Gasteiger partial charge in [0.15, 0.2) is 0 Å². The van der Waals surface area contributed by atoms with Gasteiger partial charge < -0.3 is 5.32 Å². The number of allylic oxidation sites excluding steroid dienone is 1. The van der Waals surface area contributed by atoms with Crippen molar-refractivity contribution in [3.63, 3.8) is 0 Å². The molecule has 1 N–H and O–H groups in total. The molecule has 0 aliphatic carbocycles. The van der Waals surface area contributed by atoms with E-state index in [1.807, 2.05) is 36.4 Å². The highest BCUT2D eigenvalue weighted by Gasteiger charge is 2.16. The van der Waals surface area contributed by atoms with E-state index in [0.717, 1.165) is 29.8 Å². The largest absolute Gasteiger partial charge is 0.384 e. The predicted molar refractivity (Wildman–Crippen MR) is 57.7 cm³/mol. The summed E-state index contributed by atoms with van der Waals surface area (Å²) in [6.45, 7) is 0.777. The third kappa shape index (κ3) is 1.56. The topological polar surface area (TPSA) is 59.6 Å². The average Bonchev–Trinajstić information content (AvgIpc) is 2.31. The summed E-state index contributed by atoms with van der Waals surface area (Å²) in [5, 5.41) is 20.9. The van der Waals surface area contributed by atoms with E-state index in [2.05, 4.69) is 5.32 Å². The van der Waals surface area contributed by atoms with Crippen molar-refractivity contribution in [3.05, 3.63) is 35.4 Å². The zero-order chi connectivity index (χ0) is 10.7. The minimum atomic E-state index is 0.226. The van der Waals surface area contributed by atoms with Crippen LogP contribution in [0, 0.1) is 22.7 Å². The van der Waals surface area contributed by atoms with Gasteiger partial charge in [-0.15, -0.1) is 0 Å². The van der Waals surface area contributed by atoms with Gasteiger partial charge in [0, 0.05) is 17.8 Å². The van der Waals surface area contributed by atoms with Gasteiger partial charge in [-0.05, 0) is 18.1 Å². The number of benzene rings is 1. The van der Waals surface area contributed by atoms with E-state index in [4.69, 9.17) is 10.5 Å². The molecule has 3 heteroatoms. The lowest BCUT2D eigenvalue weighted by atomic mass is 9.93. The molecular formula is C12H9N3. The molecule has 1 aliphatic rings. The van der Waals surface area contributed by atoms with Gasteiger partial charge in [-0.3, -0.25) is 0 Å². The summed E-state index contributed by atoms with van der Waals surface area (Å²) >= 11 is 0. The monoisotopic (exact) mass is 195 g/mol. The van der Waals surface area contributed by atoms with Gasteiger partial charge in [0.25, 0.3) is 0 Å². The molecule has 3 nitrogen and oxygen atoms in total. The SMILES string of the molecule is N#CC(C#N)=C1CCNc2ccccc21. The van der Waals surface area contributed by atoms with Crippen LogP contribution in [0.1, 0.15) is 12.0 Å². The number of para-hydroxylation sites is 1. The quantitative estimate of drug-likeness (QED) is 0.646. The Morgan fingerprint density at radius 1 is 1.20 bits per heavy atom. The minimum Gasteiger partial charge on any atom is -0.384 e. The Labute approximate surface area is 88.3 Å². The molecule has 1 aromatic rings. The van der Waals surface area contributed by atoms with Crippen molar-refractivity contribution in [1.29, 1.82) is 10.5 Å². The Hall–Kier alpha value is -2.26. The first-order chi connectivity index (χ1) is 7.36. The third-order valence-corrected chi connectivity index (χ3v) is 2.47. The summed E-state index contributed by atoms with van der Waals surface area (Å²) in [7, 11) is 0. The van der Waals surface area contributed by atoms with E-state index in [1.54, 1.807) is 0 Å². The Morgan fingerprint density at radius 2 is 1.93 bits per heavy atom. The molecule has 72 valence electrons. The van der Waals surface area contributed by atoms with E-state index in [0.29, 0.717) is 0 Å². The number of anilines is 1. The molecule has 0 aromatic heterocycles. The number of nitriles is 2. The molecule has 0 saturated carbocycles. The number of nitrogens with one attached hydrogen (secondary N) is 1. The number of nitrogens with zero attached hydrogens (tertiary/aromatic N) is 2. The van der Waals surface area contributed by atoms with Crippen LogP contribution in [0.15, 0.2) is 29.8 Å². The highest BCUT2D eigenvalue weighted by molar-refractivity contribution is 5.84. The van der Waals surface area contributed by atoms with Crippen molar-refractivity contribution in [3.8, 4) is 12.1 Å². The maximum Gasteiger partial charge on any atom is 0.133 e. The number of rotatable bonds is 0. The molecule has 1 aliphatic heterocycles. The van der Waals surface area contributed by atoms with Crippen LogP contribution in [-0.4, -0.2) is 6.54 Å². The summed E-state index contributed by atoms with van der Waals surface area (Å²) in [6, 6.07) is 11.7. The van der Waals surface area contributed by atoms with Crippen LogP contribution >= 0.6 is 0 Å². The molecule has 0 atom stereocenters. The fraction of sp³-hybridized carbons (Fsp3) is 0.167. The van der Waals surface area contributed by atoms with Crippen LogP contribution in [0.2, 0.25) is 0 Å². The van der Waals surface area contributed by atoms with Crippen molar-refractivity contribution in [2.45, 2.75) is 6.42 Å². The normalized spacial score (nSPS) is 13.1. The molecule has 0 radical (unpaired) electrons. The fourth-order valence-electron chi connectivity index (χ4n) is 1.78. The van der Waals surface area contributed by atoms with Gasteiger partial charge in [-0.2, -0.15) is 10.5 Å². The van der Waals surface area contributed by atoms with Crippen LogP contribution in [0.25, 0.3) is 5.57 Å². The summed E-state index contributed by atoms with van der Waals surface area (Å²) in [5.41, 5.74) is 3.06. The highest BCUT2D eigenvalue weighted by atomic mass is 14.9. The average molecular weight is 195 g/mol. The molecule has 1 heterocycles. The lowest BCUT2D eigenvalue weighted by molar-refractivity contribution is 1.05. The van der Waals surface area contributed by atoms with E-state index >= 15 is 0 Å². The molecule has 0 spiro atoms. The first-order valence-electron chi connectivity index (χ1n) is 4.73. The Kier molecular flexibility index (Phi) is 2.39. The molecule has 0 amide bonds. The number of hydrogen-bond acceptors (Lipinski definition) is 3. The second-order valence-corrected chi connectivity index (χ2v) is 3.30. The number of fused-ring (bicyclic) bond motifs is 1. The fourth-order valence-corrected chi connectivity index (χ4v) is 1.78. The molecule has 2 rings (SSSR count). The Balaban J connectivity index is 2.62. The highest BCUT2D eigenvalue weighted by Crippen LogP contribution is 2.32. The molecular weight excluding hydrogens is 186 g/mol. The van der Waals surface area contributed by atoms with Crippen molar-refractivity contribution < 1.29 is 0 Å². The van der Waals surface area contributed by atoms with Gasteiger partial charge in [-0.1, -0.05) is 18.2 Å². The van der Waals surface area contributed by atoms with E-state index < -0.39 is 0 Å². The summed E-state index contributed by atoms with van der Waals surface area (Å²) in [4.78, 5) is 0. The third-order valence-electron chi connectivity index (χ3n) is 2.47. The van der Waals surface area contributed by atoms with Crippen LogP contribution < -0.4 is 5.32 Å². The van der Waals surface area contributed by atoms with Gasteiger partial charge in [-0.25, -0.2) is 0 Å². The lowest BCUT2D eigenvalue weighted by Crippen LogP contribution is -2.11. The van der Waals surface area contributed by atoms with E-state index in [1.165, 1.54) is 0 Å². The summed E-state index contributed by atoms with van der Waals surface area (Å²) in [6.07, 6.45) is 0.730. The first kappa shape index (κ1) is 9.30. The zero-order valence-corrected chi connectivity index (χ0v) is 8.12. The van der Waals surface area contributed by atoms with E-state index in [-0.39, 0.29) is 5.57 Å². The minimum absolute atomic E-state index is 0.226. The molecule has 0 bridgehead atoms. The lowest BCUT2D eigenvalue weighted by Gasteiger charge is -2.20. The van der Waals surface area contributed by atoms with Crippen LogP contribution in [0.3, 0.4) is 0 Å². The predicted octanol–water partition coefficient (Wildman–Crippen LogP) is 2.30. The van der Waals surface area contributed by atoms with Crippen LogP contribution in [0.4, 0.5) is 5.69 Å². The van der Waals surface area contributed by atoms with Crippen molar-refractivity contribution in [2.75, 3.05) is 11.9 Å². The molecule has 0 fully saturated rings. The second-order valence-electron chi connectivity index (χ2n) is 3.30. The first-order valence-corrected chi connectivity index (χ1v) is 4.73. The van der Waals surface area contributed by atoms with Crippen molar-refractivity contribution in [1.82, 2.24) is 0 Å².